The van der Waals surface area contributed by atoms with Crippen molar-refractivity contribution in [2.75, 3.05) is 0 Å². The molecule has 1 aliphatic carbocycles. The van der Waals surface area contributed by atoms with Crippen LogP contribution in [0.5, 0.6) is 0 Å². The molecule has 0 bridgehead atoms. The third-order valence-corrected chi connectivity index (χ3v) is 4.01. The molecule has 3 rings (SSSR count). The quantitative estimate of drug-likeness (QED) is 0.911. The van der Waals surface area contributed by atoms with Crippen LogP contribution in [0.4, 0.5) is 0 Å². The zero-order valence-electron chi connectivity index (χ0n) is 11.2. The van der Waals surface area contributed by atoms with E-state index in [1.807, 2.05) is 24.3 Å². The second-order valence-electron chi connectivity index (χ2n) is 5.21. The average Bonchev–Trinajstić information content (AvgIpc) is 2.44. The lowest BCUT2D eigenvalue weighted by atomic mass is 9.91. The molecule has 0 spiro atoms. The minimum Gasteiger partial charge on any atom is -0.326 e. The molecule has 1 unspecified atom stereocenters. The van der Waals surface area contributed by atoms with Crippen molar-refractivity contribution in [3.63, 3.8) is 0 Å². The predicted molar refractivity (Wildman–Crippen MR) is 81.0 cm³/mol. The highest BCUT2D eigenvalue weighted by molar-refractivity contribution is 6.30. The number of H-pyrrole nitrogens is 1. The number of pyridine rings is 1. The van der Waals surface area contributed by atoms with Crippen LogP contribution in [-0.4, -0.2) is 4.98 Å². The van der Waals surface area contributed by atoms with Gasteiger partial charge >= 0.3 is 0 Å². The molecule has 1 heterocycles. The van der Waals surface area contributed by atoms with Gasteiger partial charge in [-0.25, -0.2) is 0 Å². The summed E-state index contributed by atoms with van der Waals surface area (Å²) in [6.07, 6.45) is 3.15. The third-order valence-electron chi connectivity index (χ3n) is 3.77. The second-order valence-corrected chi connectivity index (χ2v) is 5.65. The molecule has 0 saturated carbocycles. The van der Waals surface area contributed by atoms with Gasteiger partial charge in [0.1, 0.15) is 0 Å². The first-order valence-electron chi connectivity index (χ1n) is 6.92. The molecule has 1 aromatic heterocycles. The Morgan fingerprint density at radius 1 is 1.30 bits per heavy atom. The summed E-state index contributed by atoms with van der Waals surface area (Å²) in [5.41, 5.74) is 3.46. The average molecular weight is 289 g/mol. The molecule has 1 atom stereocenters. The van der Waals surface area contributed by atoms with Crippen LogP contribution in [0, 0.1) is 0 Å². The van der Waals surface area contributed by atoms with Gasteiger partial charge in [0, 0.05) is 29.4 Å². The van der Waals surface area contributed by atoms with Gasteiger partial charge in [0.05, 0.1) is 0 Å². The predicted octanol–water partition coefficient (Wildman–Crippen LogP) is 3.20. The molecule has 4 heteroatoms. The topological polar surface area (TPSA) is 44.9 Å². The number of rotatable bonds is 3. The second kappa shape index (κ2) is 5.81. The molecule has 0 saturated heterocycles. The highest BCUT2D eigenvalue weighted by Crippen LogP contribution is 2.27. The van der Waals surface area contributed by atoms with Crippen LogP contribution in [-0.2, 0) is 13.0 Å². The Bertz CT molecular complexity index is 666. The van der Waals surface area contributed by atoms with Crippen LogP contribution in [0.3, 0.4) is 0 Å². The Balaban J connectivity index is 1.75. The number of aryl methyl sites for hydroxylation is 1. The number of halogens is 1. The van der Waals surface area contributed by atoms with E-state index in [9.17, 15) is 4.79 Å². The lowest BCUT2D eigenvalue weighted by Gasteiger charge is -2.26. The van der Waals surface area contributed by atoms with E-state index in [1.54, 1.807) is 6.07 Å². The molecule has 1 aromatic carbocycles. The zero-order valence-corrected chi connectivity index (χ0v) is 11.9. The van der Waals surface area contributed by atoms with Gasteiger partial charge in [-0.3, -0.25) is 4.79 Å². The Morgan fingerprint density at radius 2 is 2.20 bits per heavy atom. The molecule has 1 aliphatic rings. The summed E-state index contributed by atoms with van der Waals surface area (Å²) < 4.78 is 0. The van der Waals surface area contributed by atoms with E-state index in [4.69, 9.17) is 11.6 Å². The number of aromatic nitrogens is 1. The van der Waals surface area contributed by atoms with E-state index in [0.29, 0.717) is 6.04 Å². The highest BCUT2D eigenvalue weighted by Gasteiger charge is 2.20. The van der Waals surface area contributed by atoms with Gasteiger partial charge in [0.2, 0.25) is 5.56 Å². The Morgan fingerprint density at radius 3 is 3.05 bits per heavy atom. The van der Waals surface area contributed by atoms with E-state index in [0.717, 1.165) is 36.5 Å². The van der Waals surface area contributed by atoms with Crippen LogP contribution in [0.2, 0.25) is 5.02 Å². The van der Waals surface area contributed by atoms with Crippen LogP contribution < -0.4 is 10.9 Å². The highest BCUT2D eigenvalue weighted by atomic mass is 35.5. The van der Waals surface area contributed by atoms with Gasteiger partial charge < -0.3 is 10.3 Å². The monoisotopic (exact) mass is 288 g/mol. The fourth-order valence-electron chi connectivity index (χ4n) is 2.80. The van der Waals surface area contributed by atoms with Gasteiger partial charge in [0.15, 0.2) is 0 Å². The van der Waals surface area contributed by atoms with Crippen molar-refractivity contribution in [3.8, 4) is 0 Å². The van der Waals surface area contributed by atoms with E-state index in [1.165, 1.54) is 11.1 Å². The van der Waals surface area contributed by atoms with Crippen LogP contribution in [0.1, 0.15) is 35.7 Å². The Kier molecular flexibility index (Phi) is 3.90. The molecule has 2 aromatic rings. The van der Waals surface area contributed by atoms with Crippen molar-refractivity contribution < 1.29 is 0 Å². The minimum absolute atomic E-state index is 0.0146. The first-order valence-corrected chi connectivity index (χ1v) is 7.30. The van der Waals surface area contributed by atoms with E-state index < -0.39 is 0 Å². The lowest BCUT2D eigenvalue weighted by molar-refractivity contribution is 0.453. The molecule has 2 N–H and O–H groups in total. The first kappa shape index (κ1) is 13.4. The fourth-order valence-corrected chi connectivity index (χ4v) is 3.01. The Labute approximate surface area is 123 Å². The standard InChI is InChI=1S/C16H17ClN2O/c17-12-4-1-3-11(9-12)10-18-14-5-2-6-15-13(14)7-8-16(20)19-15/h1,3-4,7-9,14,18H,2,5-6,10H2,(H,19,20). The summed E-state index contributed by atoms with van der Waals surface area (Å²) in [4.78, 5) is 14.3. The van der Waals surface area contributed by atoms with Gasteiger partial charge in [-0.1, -0.05) is 29.8 Å². The summed E-state index contributed by atoms with van der Waals surface area (Å²) in [7, 11) is 0. The molecular formula is C16H17ClN2O. The normalized spacial score (nSPS) is 17.8. The Hall–Kier alpha value is -1.58. The number of benzene rings is 1. The van der Waals surface area contributed by atoms with Crippen LogP contribution in [0.15, 0.2) is 41.2 Å². The zero-order chi connectivity index (χ0) is 13.9. The van der Waals surface area contributed by atoms with Crippen molar-refractivity contribution >= 4 is 11.6 Å². The molecule has 0 aliphatic heterocycles. The van der Waals surface area contributed by atoms with Crippen molar-refractivity contribution in [1.29, 1.82) is 0 Å². The van der Waals surface area contributed by atoms with E-state index >= 15 is 0 Å². The number of aromatic amines is 1. The molecule has 104 valence electrons. The minimum atomic E-state index is -0.0146. The van der Waals surface area contributed by atoms with Crippen molar-refractivity contribution in [2.24, 2.45) is 0 Å². The number of nitrogens with one attached hydrogen (secondary N) is 2. The maximum absolute atomic E-state index is 11.4. The van der Waals surface area contributed by atoms with Crippen molar-refractivity contribution in [3.05, 3.63) is 68.6 Å². The third kappa shape index (κ3) is 2.94. The maximum Gasteiger partial charge on any atom is 0.248 e. The number of hydrogen-bond donors (Lipinski definition) is 2. The molecular weight excluding hydrogens is 272 g/mol. The summed E-state index contributed by atoms with van der Waals surface area (Å²) in [5.74, 6) is 0. The smallest absolute Gasteiger partial charge is 0.248 e. The summed E-state index contributed by atoms with van der Waals surface area (Å²) in [6, 6.07) is 11.7. The van der Waals surface area contributed by atoms with Gasteiger partial charge in [-0.15, -0.1) is 0 Å². The number of hydrogen-bond acceptors (Lipinski definition) is 2. The lowest BCUT2D eigenvalue weighted by Crippen LogP contribution is -2.27. The van der Waals surface area contributed by atoms with E-state index in [2.05, 4.69) is 16.4 Å². The van der Waals surface area contributed by atoms with Gasteiger partial charge in [-0.05, 0) is 42.5 Å². The fraction of sp³-hybridized carbons (Fsp3) is 0.312. The molecule has 0 radical (unpaired) electrons. The van der Waals surface area contributed by atoms with Crippen LogP contribution in [0.25, 0.3) is 0 Å². The number of fused-ring (bicyclic) bond motifs is 1. The summed E-state index contributed by atoms with van der Waals surface area (Å²) >= 11 is 6.00. The summed E-state index contributed by atoms with van der Waals surface area (Å²) in [6.45, 7) is 0.782. The SMILES string of the molecule is O=c1ccc2c([nH]1)CCCC2NCc1cccc(Cl)c1. The molecule has 20 heavy (non-hydrogen) atoms. The van der Waals surface area contributed by atoms with Crippen LogP contribution >= 0.6 is 11.6 Å². The van der Waals surface area contributed by atoms with Crippen molar-refractivity contribution in [1.82, 2.24) is 10.3 Å². The maximum atomic E-state index is 11.4. The largest absolute Gasteiger partial charge is 0.326 e. The van der Waals surface area contributed by atoms with Gasteiger partial charge in [-0.2, -0.15) is 0 Å². The van der Waals surface area contributed by atoms with E-state index in [-0.39, 0.29) is 5.56 Å². The molecule has 0 amide bonds. The molecule has 0 fully saturated rings. The first-order chi connectivity index (χ1) is 9.72. The molecule has 3 nitrogen and oxygen atoms in total. The summed E-state index contributed by atoms with van der Waals surface area (Å²) in [5, 5.41) is 4.32. The van der Waals surface area contributed by atoms with Crippen molar-refractivity contribution in [2.45, 2.75) is 31.8 Å². The van der Waals surface area contributed by atoms with Gasteiger partial charge in [0.25, 0.3) is 0 Å².